The highest BCUT2D eigenvalue weighted by atomic mass is 32.2. The van der Waals surface area contributed by atoms with Crippen molar-refractivity contribution < 1.29 is 9.90 Å². The maximum atomic E-state index is 11.3. The molecular formula is C14H20O2S. The average molecular weight is 252 g/mol. The first kappa shape index (κ1) is 14.1. The van der Waals surface area contributed by atoms with E-state index in [1.165, 1.54) is 4.90 Å². The second-order valence-corrected chi connectivity index (χ2v) is 5.37. The largest absolute Gasteiger partial charge is 0.481 e. The summed E-state index contributed by atoms with van der Waals surface area (Å²) in [6.45, 7) is 3.93. The Bertz CT molecular complexity index is 344. The molecule has 0 aromatic heterocycles. The molecule has 0 aliphatic heterocycles. The van der Waals surface area contributed by atoms with Crippen molar-refractivity contribution in [2.75, 3.05) is 5.75 Å². The second kappa shape index (κ2) is 6.70. The molecule has 0 fully saturated rings. The van der Waals surface area contributed by atoms with Crippen LogP contribution >= 0.6 is 11.8 Å². The molecule has 2 nitrogen and oxygen atoms in total. The highest BCUT2D eigenvalue weighted by Gasteiger charge is 2.33. The Morgan fingerprint density at radius 3 is 2.29 bits per heavy atom. The molecule has 0 unspecified atom stereocenters. The minimum Gasteiger partial charge on any atom is -0.481 e. The number of hydrogen-bond donors (Lipinski definition) is 1. The monoisotopic (exact) mass is 252 g/mol. The molecule has 0 radical (unpaired) electrons. The van der Waals surface area contributed by atoms with Crippen LogP contribution in [-0.4, -0.2) is 16.8 Å². The quantitative estimate of drug-likeness (QED) is 0.744. The standard InChI is InChI=1S/C14H20O2S/c1-3-14(4-2,13(15)16)10-11-17-12-8-6-5-7-9-12/h5-9H,3-4,10-11H2,1-2H3,(H,15,16). The van der Waals surface area contributed by atoms with E-state index in [-0.39, 0.29) is 0 Å². The zero-order valence-corrected chi connectivity index (χ0v) is 11.3. The van der Waals surface area contributed by atoms with Crippen molar-refractivity contribution in [1.82, 2.24) is 0 Å². The molecule has 0 amide bonds. The molecule has 0 saturated carbocycles. The molecule has 1 rings (SSSR count). The fraction of sp³-hybridized carbons (Fsp3) is 0.500. The van der Waals surface area contributed by atoms with Crippen LogP contribution in [0, 0.1) is 5.41 Å². The fourth-order valence-corrected chi connectivity index (χ4v) is 2.97. The number of carboxylic acid groups (broad SMARTS) is 1. The van der Waals surface area contributed by atoms with Crippen molar-refractivity contribution in [3.63, 3.8) is 0 Å². The first-order valence-electron chi connectivity index (χ1n) is 6.06. The van der Waals surface area contributed by atoms with Crippen LogP contribution in [0.4, 0.5) is 0 Å². The van der Waals surface area contributed by atoms with Gasteiger partial charge in [-0.05, 0) is 37.1 Å². The van der Waals surface area contributed by atoms with Crippen molar-refractivity contribution in [2.45, 2.75) is 38.0 Å². The first-order chi connectivity index (χ1) is 8.14. The lowest BCUT2D eigenvalue weighted by Gasteiger charge is -2.26. The number of carbonyl (C=O) groups is 1. The number of thioether (sulfide) groups is 1. The molecule has 0 heterocycles. The normalized spacial score (nSPS) is 11.4. The van der Waals surface area contributed by atoms with Crippen LogP contribution in [0.15, 0.2) is 35.2 Å². The highest BCUT2D eigenvalue weighted by molar-refractivity contribution is 7.99. The first-order valence-corrected chi connectivity index (χ1v) is 7.04. The summed E-state index contributed by atoms with van der Waals surface area (Å²) in [7, 11) is 0. The molecule has 0 aliphatic rings. The number of benzene rings is 1. The summed E-state index contributed by atoms with van der Waals surface area (Å²) in [5.74, 6) is 0.203. The van der Waals surface area contributed by atoms with E-state index < -0.39 is 11.4 Å². The van der Waals surface area contributed by atoms with Gasteiger partial charge in [-0.1, -0.05) is 32.0 Å². The summed E-state index contributed by atoms with van der Waals surface area (Å²) in [4.78, 5) is 12.5. The summed E-state index contributed by atoms with van der Waals surface area (Å²) in [5, 5.41) is 9.31. The molecule has 94 valence electrons. The van der Waals surface area contributed by atoms with E-state index in [4.69, 9.17) is 0 Å². The average Bonchev–Trinajstić information content (AvgIpc) is 2.36. The van der Waals surface area contributed by atoms with E-state index in [1.54, 1.807) is 11.8 Å². The molecule has 1 aromatic rings. The van der Waals surface area contributed by atoms with Crippen LogP contribution in [0.5, 0.6) is 0 Å². The molecule has 17 heavy (non-hydrogen) atoms. The minimum atomic E-state index is -0.656. The smallest absolute Gasteiger partial charge is 0.309 e. The van der Waals surface area contributed by atoms with Crippen molar-refractivity contribution in [1.29, 1.82) is 0 Å². The predicted octanol–water partition coefficient (Wildman–Crippen LogP) is 4.06. The zero-order valence-electron chi connectivity index (χ0n) is 10.5. The third-order valence-electron chi connectivity index (χ3n) is 3.40. The van der Waals surface area contributed by atoms with Gasteiger partial charge in [0.05, 0.1) is 5.41 Å². The number of hydrogen-bond acceptors (Lipinski definition) is 2. The van der Waals surface area contributed by atoms with Gasteiger partial charge in [0.25, 0.3) is 0 Å². The third-order valence-corrected chi connectivity index (χ3v) is 4.41. The summed E-state index contributed by atoms with van der Waals surface area (Å²) in [6, 6.07) is 10.1. The van der Waals surface area contributed by atoms with Crippen molar-refractivity contribution in [2.24, 2.45) is 5.41 Å². The molecule has 0 spiro atoms. The molecule has 0 atom stereocenters. The lowest BCUT2D eigenvalue weighted by Crippen LogP contribution is -2.30. The van der Waals surface area contributed by atoms with Crippen LogP contribution in [0.3, 0.4) is 0 Å². The lowest BCUT2D eigenvalue weighted by molar-refractivity contribution is -0.149. The van der Waals surface area contributed by atoms with Gasteiger partial charge < -0.3 is 5.11 Å². The Morgan fingerprint density at radius 1 is 1.24 bits per heavy atom. The van der Waals surface area contributed by atoms with Gasteiger partial charge in [-0.15, -0.1) is 11.8 Å². The zero-order chi connectivity index (χ0) is 12.7. The molecule has 1 aromatic carbocycles. The number of aliphatic carboxylic acids is 1. The second-order valence-electron chi connectivity index (χ2n) is 4.20. The Kier molecular flexibility index (Phi) is 5.56. The number of carboxylic acids is 1. The van der Waals surface area contributed by atoms with E-state index >= 15 is 0 Å². The Morgan fingerprint density at radius 2 is 1.82 bits per heavy atom. The van der Waals surface area contributed by atoms with Crippen LogP contribution in [0.1, 0.15) is 33.1 Å². The van der Waals surface area contributed by atoms with Crippen LogP contribution in [0.2, 0.25) is 0 Å². The topological polar surface area (TPSA) is 37.3 Å². The van der Waals surface area contributed by atoms with E-state index in [2.05, 4.69) is 12.1 Å². The van der Waals surface area contributed by atoms with E-state index in [0.29, 0.717) is 12.8 Å². The highest BCUT2D eigenvalue weighted by Crippen LogP contribution is 2.33. The maximum Gasteiger partial charge on any atom is 0.309 e. The Labute approximate surface area is 107 Å². The lowest BCUT2D eigenvalue weighted by atomic mass is 9.80. The van der Waals surface area contributed by atoms with Gasteiger partial charge in [-0.2, -0.15) is 0 Å². The SMILES string of the molecule is CCC(CC)(CCSc1ccccc1)C(=O)O. The fourth-order valence-electron chi connectivity index (χ4n) is 1.89. The van der Waals surface area contributed by atoms with Gasteiger partial charge in [0.1, 0.15) is 0 Å². The number of rotatable bonds is 7. The molecule has 1 N–H and O–H groups in total. The Hall–Kier alpha value is -0.960. The maximum absolute atomic E-state index is 11.3. The summed E-state index contributed by atoms with van der Waals surface area (Å²) >= 11 is 1.73. The van der Waals surface area contributed by atoms with Crippen LogP contribution < -0.4 is 0 Å². The summed E-state index contributed by atoms with van der Waals surface area (Å²) in [5.41, 5.74) is -0.540. The van der Waals surface area contributed by atoms with Gasteiger partial charge in [0.2, 0.25) is 0 Å². The van der Waals surface area contributed by atoms with Gasteiger partial charge in [0, 0.05) is 4.90 Å². The van der Waals surface area contributed by atoms with Crippen molar-refractivity contribution in [3.05, 3.63) is 30.3 Å². The summed E-state index contributed by atoms with van der Waals surface area (Å²) < 4.78 is 0. The van der Waals surface area contributed by atoms with Crippen molar-refractivity contribution >= 4 is 17.7 Å². The molecule has 0 aliphatic carbocycles. The summed E-state index contributed by atoms with van der Waals surface area (Å²) in [6.07, 6.45) is 2.14. The van der Waals surface area contributed by atoms with E-state index in [0.717, 1.165) is 12.2 Å². The predicted molar refractivity (Wildman–Crippen MR) is 72.4 cm³/mol. The van der Waals surface area contributed by atoms with Gasteiger partial charge >= 0.3 is 5.97 Å². The third kappa shape index (κ3) is 3.77. The van der Waals surface area contributed by atoms with Gasteiger partial charge in [-0.25, -0.2) is 0 Å². The molecule has 3 heteroatoms. The molecular weight excluding hydrogens is 232 g/mol. The minimum absolute atomic E-state index is 0.540. The van der Waals surface area contributed by atoms with Crippen LogP contribution in [0.25, 0.3) is 0 Å². The van der Waals surface area contributed by atoms with Crippen molar-refractivity contribution in [3.8, 4) is 0 Å². The Balaban J connectivity index is 2.51. The van der Waals surface area contributed by atoms with E-state index in [1.807, 2.05) is 32.0 Å². The van der Waals surface area contributed by atoms with Crippen LogP contribution in [-0.2, 0) is 4.79 Å². The molecule has 0 bridgehead atoms. The van der Waals surface area contributed by atoms with Gasteiger partial charge in [-0.3, -0.25) is 4.79 Å². The molecule has 0 saturated heterocycles. The van der Waals surface area contributed by atoms with E-state index in [9.17, 15) is 9.90 Å². The van der Waals surface area contributed by atoms with Gasteiger partial charge in [0.15, 0.2) is 0 Å².